The fourth-order valence-corrected chi connectivity index (χ4v) is 4.73. The first kappa shape index (κ1) is 21.5. The number of aryl methyl sites for hydroxylation is 1. The van der Waals surface area contributed by atoms with Crippen LogP contribution in [0, 0.1) is 6.92 Å². The highest BCUT2D eigenvalue weighted by atomic mass is 15.5. The number of quaternary nitrogens is 2. The average Bonchev–Trinajstić information content (AvgIpc) is 3.08. The standard InChI is InChI=1S/C15H32N2.C8H13N/c1-4-5-6-7-8-16-9-12-17(13-10-16,14-11-16)15(2)3;1-7(2)9-5-4-8(3)6-9/h15H,4-14H2,1-3H3;4-7H,1-3H3/q+2;. The third-order valence-corrected chi connectivity index (χ3v) is 7.10. The first-order valence-electron chi connectivity index (χ1n) is 11.2. The predicted molar refractivity (Wildman–Crippen MR) is 113 cm³/mol. The summed E-state index contributed by atoms with van der Waals surface area (Å²) in [6.45, 7) is 23.8. The molecule has 1 aromatic rings. The minimum absolute atomic E-state index is 0.596. The molecule has 26 heavy (non-hydrogen) atoms. The van der Waals surface area contributed by atoms with Gasteiger partial charge in [-0.2, -0.15) is 0 Å². The molecule has 3 aliphatic rings. The molecule has 0 unspecified atom stereocenters. The summed E-state index contributed by atoms with van der Waals surface area (Å²) in [6.07, 6.45) is 10.0. The Kier molecular flexibility index (Phi) is 7.78. The molecule has 3 nitrogen and oxygen atoms in total. The first-order chi connectivity index (χ1) is 12.3. The van der Waals surface area contributed by atoms with Gasteiger partial charge in [0.2, 0.25) is 0 Å². The van der Waals surface area contributed by atoms with Crippen LogP contribution in [0.4, 0.5) is 0 Å². The molecule has 0 spiro atoms. The van der Waals surface area contributed by atoms with Crippen molar-refractivity contribution < 1.29 is 8.97 Å². The lowest BCUT2D eigenvalue weighted by Gasteiger charge is -2.57. The second-order valence-corrected chi connectivity index (χ2v) is 9.51. The Balaban J connectivity index is 0.000000228. The van der Waals surface area contributed by atoms with Crippen molar-refractivity contribution in [3.05, 3.63) is 24.0 Å². The maximum atomic E-state index is 2.42. The molecule has 3 saturated heterocycles. The van der Waals surface area contributed by atoms with E-state index in [4.69, 9.17) is 0 Å². The molecule has 3 aliphatic heterocycles. The van der Waals surface area contributed by atoms with E-state index in [2.05, 4.69) is 64.6 Å². The van der Waals surface area contributed by atoms with Crippen LogP contribution in [-0.2, 0) is 0 Å². The molecule has 0 atom stereocenters. The van der Waals surface area contributed by atoms with Gasteiger partial charge in [-0.1, -0.05) is 19.8 Å². The van der Waals surface area contributed by atoms with Crippen molar-refractivity contribution in [1.82, 2.24) is 4.57 Å². The summed E-state index contributed by atoms with van der Waals surface area (Å²) in [5.41, 5.74) is 1.34. The minimum atomic E-state index is 0.596. The lowest BCUT2D eigenvalue weighted by atomic mass is 10.0. The van der Waals surface area contributed by atoms with Crippen molar-refractivity contribution in [2.24, 2.45) is 0 Å². The predicted octanol–water partition coefficient (Wildman–Crippen LogP) is 5.01. The fourth-order valence-electron chi connectivity index (χ4n) is 4.73. The molecule has 0 N–H and O–H groups in total. The zero-order chi connectivity index (χ0) is 19.2. The summed E-state index contributed by atoms with van der Waals surface area (Å²) in [5.74, 6) is 0. The highest BCUT2D eigenvalue weighted by Crippen LogP contribution is 2.29. The van der Waals surface area contributed by atoms with Crippen molar-refractivity contribution in [3.63, 3.8) is 0 Å². The van der Waals surface area contributed by atoms with Crippen LogP contribution in [-0.4, -0.2) is 65.4 Å². The van der Waals surface area contributed by atoms with Gasteiger partial charge in [0.15, 0.2) is 0 Å². The maximum Gasteiger partial charge on any atom is 0.129 e. The third-order valence-electron chi connectivity index (χ3n) is 7.10. The van der Waals surface area contributed by atoms with Crippen LogP contribution in [0.2, 0.25) is 0 Å². The zero-order valence-electron chi connectivity index (χ0n) is 18.5. The number of unbranched alkanes of at least 4 members (excludes halogenated alkanes) is 3. The second kappa shape index (κ2) is 9.41. The van der Waals surface area contributed by atoms with E-state index in [0.717, 1.165) is 6.04 Å². The lowest BCUT2D eigenvalue weighted by molar-refractivity contribution is -1.09. The summed E-state index contributed by atoms with van der Waals surface area (Å²) in [4.78, 5) is 0. The minimum Gasteiger partial charge on any atom is -0.352 e. The van der Waals surface area contributed by atoms with Gasteiger partial charge in [-0.3, -0.25) is 0 Å². The molecule has 4 rings (SSSR count). The van der Waals surface area contributed by atoms with E-state index in [0.29, 0.717) is 6.04 Å². The van der Waals surface area contributed by atoms with Gasteiger partial charge >= 0.3 is 0 Å². The molecule has 2 bridgehead atoms. The van der Waals surface area contributed by atoms with E-state index in [-0.39, 0.29) is 0 Å². The van der Waals surface area contributed by atoms with E-state index in [1.165, 1.54) is 86.0 Å². The van der Waals surface area contributed by atoms with E-state index < -0.39 is 0 Å². The molecule has 150 valence electrons. The van der Waals surface area contributed by atoms with Crippen LogP contribution in [0.15, 0.2) is 18.5 Å². The molecule has 3 heteroatoms. The Morgan fingerprint density at radius 2 is 1.54 bits per heavy atom. The third kappa shape index (κ3) is 5.36. The number of piperazine rings is 3. The number of hydrogen-bond acceptors (Lipinski definition) is 0. The highest BCUT2D eigenvalue weighted by molar-refractivity contribution is 5.07. The summed E-state index contributed by atoms with van der Waals surface area (Å²) in [6, 6.07) is 3.57. The molecule has 1 aromatic heterocycles. The number of aromatic nitrogens is 1. The van der Waals surface area contributed by atoms with Gasteiger partial charge in [0, 0.05) is 18.4 Å². The number of nitrogens with zero attached hydrogens (tertiary/aromatic N) is 3. The van der Waals surface area contributed by atoms with Gasteiger partial charge in [0.25, 0.3) is 0 Å². The largest absolute Gasteiger partial charge is 0.352 e. The van der Waals surface area contributed by atoms with E-state index in [1.807, 2.05) is 0 Å². The summed E-state index contributed by atoms with van der Waals surface area (Å²) in [7, 11) is 0. The molecule has 4 heterocycles. The highest BCUT2D eigenvalue weighted by Gasteiger charge is 2.49. The van der Waals surface area contributed by atoms with Crippen LogP contribution in [0.25, 0.3) is 0 Å². The van der Waals surface area contributed by atoms with Gasteiger partial charge < -0.3 is 13.5 Å². The number of hydrogen-bond donors (Lipinski definition) is 0. The van der Waals surface area contributed by atoms with E-state index >= 15 is 0 Å². The Bertz CT molecular complexity index is 505. The van der Waals surface area contributed by atoms with Gasteiger partial charge in [0.1, 0.15) is 39.3 Å². The van der Waals surface area contributed by atoms with Crippen LogP contribution < -0.4 is 0 Å². The zero-order valence-corrected chi connectivity index (χ0v) is 18.5. The molecule has 0 saturated carbocycles. The molecule has 3 fully saturated rings. The van der Waals surface area contributed by atoms with Gasteiger partial charge in [-0.25, -0.2) is 0 Å². The fraction of sp³-hybridized carbons (Fsp3) is 0.826. The second-order valence-electron chi connectivity index (χ2n) is 9.51. The topological polar surface area (TPSA) is 4.93 Å². The van der Waals surface area contributed by atoms with Crippen molar-refractivity contribution >= 4 is 0 Å². The SMILES string of the molecule is CCCCCC[N+]12CC[N+](C(C)C)(CC1)CC2.Cc1ccn(C(C)C)c1. The molecular weight excluding hydrogens is 318 g/mol. The Morgan fingerprint density at radius 1 is 0.923 bits per heavy atom. The number of fused-ring (bicyclic) bond motifs is 3. The average molecular weight is 364 g/mol. The van der Waals surface area contributed by atoms with Crippen molar-refractivity contribution in [2.75, 3.05) is 45.8 Å². The van der Waals surface area contributed by atoms with Crippen LogP contribution in [0.3, 0.4) is 0 Å². The number of rotatable bonds is 7. The smallest absolute Gasteiger partial charge is 0.129 e. The molecule has 0 radical (unpaired) electrons. The quantitative estimate of drug-likeness (QED) is 0.474. The van der Waals surface area contributed by atoms with E-state index in [9.17, 15) is 0 Å². The molecule has 0 aromatic carbocycles. The van der Waals surface area contributed by atoms with Crippen LogP contribution in [0.5, 0.6) is 0 Å². The van der Waals surface area contributed by atoms with Crippen LogP contribution >= 0.6 is 0 Å². The summed E-state index contributed by atoms with van der Waals surface area (Å²) < 4.78 is 5.10. The normalized spacial score (nSPS) is 27.7. The van der Waals surface area contributed by atoms with Gasteiger partial charge in [-0.05, 0) is 59.1 Å². The Morgan fingerprint density at radius 3 is 1.92 bits per heavy atom. The first-order valence-corrected chi connectivity index (χ1v) is 11.2. The van der Waals surface area contributed by atoms with Crippen molar-refractivity contribution in [3.8, 4) is 0 Å². The van der Waals surface area contributed by atoms with E-state index in [1.54, 1.807) is 0 Å². The molecule has 0 amide bonds. The molecular formula is C23H45N3+2. The summed E-state index contributed by atoms with van der Waals surface area (Å²) in [5, 5.41) is 0. The van der Waals surface area contributed by atoms with Crippen LogP contribution in [0.1, 0.15) is 71.9 Å². The lowest BCUT2D eigenvalue weighted by Crippen LogP contribution is -2.76. The van der Waals surface area contributed by atoms with Gasteiger partial charge in [0.05, 0.1) is 12.6 Å². The Labute approximate surface area is 163 Å². The van der Waals surface area contributed by atoms with Gasteiger partial charge in [-0.15, -0.1) is 0 Å². The monoisotopic (exact) mass is 363 g/mol. The summed E-state index contributed by atoms with van der Waals surface area (Å²) >= 11 is 0. The maximum absolute atomic E-state index is 2.42. The van der Waals surface area contributed by atoms with Crippen molar-refractivity contribution in [2.45, 2.75) is 79.3 Å². The van der Waals surface area contributed by atoms with Crippen molar-refractivity contribution in [1.29, 1.82) is 0 Å². The Hall–Kier alpha value is -0.800. The molecule has 0 aliphatic carbocycles.